The smallest absolute Gasteiger partial charge is 0.220 e. The fourth-order valence-electron chi connectivity index (χ4n) is 11.3. The van der Waals surface area contributed by atoms with Crippen LogP contribution in [0.5, 0.6) is 0 Å². The molecule has 0 fully saturated rings. The molecule has 4 N–H and O–H groups in total. The van der Waals surface area contributed by atoms with E-state index in [1.165, 1.54) is 340 Å². The van der Waals surface area contributed by atoms with E-state index in [9.17, 15) is 20.1 Å². The summed E-state index contributed by atoms with van der Waals surface area (Å²) in [6.07, 6.45) is 78.9. The van der Waals surface area contributed by atoms with E-state index in [1.54, 1.807) is 0 Å². The Balaban J connectivity index is 3.42. The Kier molecular flexibility index (Phi) is 62.3. The molecule has 432 valence electrons. The fraction of sp³-hybridized carbons (Fsp3) is 0.985. The minimum Gasteiger partial charge on any atom is -0.394 e. The van der Waals surface area contributed by atoms with E-state index in [-0.39, 0.29) is 12.5 Å². The van der Waals surface area contributed by atoms with Crippen LogP contribution in [0.3, 0.4) is 0 Å². The number of hydrogen-bond acceptors (Lipinski definition) is 4. The van der Waals surface area contributed by atoms with Crippen molar-refractivity contribution in [2.24, 2.45) is 0 Å². The van der Waals surface area contributed by atoms with Crippen molar-refractivity contribution >= 4 is 5.91 Å². The number of aliphatic hydroxyl groups is 3. The molecule has 0 aromatic heterocycles. The fourth-order valence-corrected chi connectivity index (χ4v) is 11.3. The first-order valence-electron chi connectivity index (χ1n) is 33.8. The van der Waals surface area contributed by atoms with Gasteiger partial charge >= 0.3 is 0 Å². The van der Waals surface area contributed by atoms with Crippen molar-refractivity contribution in [1.29, 1.82) is 0 Å². The van der Waals surface area contributed by atoms with Gasteiger partial charge in [0.2, 0.25) is 5.91 Å². The van der Waals surface area contributed by atoms with Crippen molar-refractivity contribution in [2.45, 2.75) is 417 Å². The van der Waals surface area contributed by atoms with E-state index in [0.29, 0.717) is 12.8 Å². The summed E-state index contributed by atoms with van der Waals surface area (Å²) in [5.41, 5.74) is 0. The molecule has 1 amide bonds. The van der Waals surface area contributed by atoms with Crippen LogP contribution in [0.4, 0.5) is 0 Å². The van der Waals surface area contributed by atoms with Gasteiger partial charge in [-0.05, 0) is 12.8 Å². The highest BCUT2D eigenvalue weighted by Crippen LogP contribution is 2.20. The molecule has 0 rings (SSSR count). The molecule has 0 saturated heterocycles. The van der Waals surface area contributed by atoms with E-state index < -0.39 is 18.2 Å². The van der Waals surface area contributed by atoms with Crippen molar-refractivity contribution < 1.29 is 20.1 Å². The zero-order valence-electron chi connectivity index (χ0n) is 49.6. The molecular weight excluding hydrogens is 883 g/mol. The molecule has 5 heteroatoms. The summed E-state index contributed by atoms with van der Waals surface area (Å²) in [7, 11) is 0. The maximum absolute atomic E-state index is 12.6. The highest BCUT2D eigenvalue weighted by atomic mass is 16.3. The average molecular weight is 1020 g/mol. The lowest BCUT2D eigenvalue weighted by molar-refractivity contribution is -0.124. The van der Waals surface area contributed by atoms with Crippen molar-refractivity contribution in [2.75, 3.05) is 6.61 Å². The second-order valence-corrected chi connectivity index (χ2v) is 23.8. The zero-order valence-corrected chi connectivity index (χ0v) is 49.6. The molecule has 3 atom stereocenters. The summed E-state index contributed by atoms with van der Waals surface area (Å²) in [5, 5.41) is 33.9. The van der Waals surface area contributed by atoms with Crippen LogP contribution in [0.25, 0.3) is 0 Å². The second-order valence-electron chi connectivity index (χ2n) is 23.8. The number of nitrogens with one attached hydrogen (secondary N) is 1. The predicted molar refractivity (Wildman–Crippen MR) is 319 cm³/mol. The highest BCUT2D eigenvalue weighted by molar-refractivity contribution is 5.76. The zero-order chi connectivity index (χ0) is 52.2. The first-order chi connectivity index (χ1) is 35.6. The normalized spacial score (nSPS) is 13.0. The largest absolute Gasteiger partial charge is 0.394 e. The number of hydrogen-bond donors (Lipinski definition) is 4. The number of amides is 1. The van der Waals surface area contributed by atoms with Gasteiger partial charge in [0.15, 0.2) is 0 Å². The second kappa shape index (κ2) is 62.9. The molecule has 0 aliphatic carbocycles. The molecule has 0 bridgehead atoms. The topological polar surface area (TPSA) is 89.8 Å². The number of aliphatic hydroxyl groups excluding tert-OH is 3. The summed E-state index contributed by atoms with van der Waals surface area (Å²) in [6.45, 7) is 4.24. The molecule has 0 aliphatic heterocycles. The van der Waals surface area contributed by atoms with Crippen LogP contribution in [-0.2, 0) is 4.79 Å². The molecule has 5 nitrogen and oxygen atoms in total. The Labute approximate surface area is 453 Å². The van der Waals surface area contributed by atoms with Crippen LogP contribution in [0.2, 0.25) is 0 Å². The Morgan fingerprint density at radius 2 is 0.472 bits per heavy atom. The molecular formula is C67H135NO4. The van der Waals surface area contributed by atoms with Crippen LogP contribution in [0.1, 0.15) is 399 Å². The molecule has 0 aliphatic rings. The van der Waals surface area contributed by atoms with Gasteiger partial charge in [-0.3, -0.25) is 4.79 Å². The number of carbonyl (C=O) groups is 1. The first-order valence-corrected chi connectivity index (χ1v) is 33.8. The van der Waals surface area contributed by atoms with E-state index in [4.69, 9.17) is 0 Å². The summed E-state index contributed by atoms with van der Waals surface area (Å²) in [4.78, 5) is 12.6. The Morgan fingerprint density at radius 3 is 0.667 bits per heavy atom. The summed E-state index contributed by atoms with van der Waals surface area (Å²) in [5.74, 6) is -0.133. The molecule has 0 aromatic carbocycles. The van der Waals surface area contributed by atoms with Gasteiger partial charge in [-0.15, -0.1) is 0 Å². The van der Waals surface area contributed by atoms with Crippen molar-refractivity contribution in [1.82, 2.24) is 5.32 Å². The van der Waals surface area contributed by atoms with Crippen LogP contribution < -0.4 is 5.32 Å². The first kappa shape index (κ1) is 71.3. The van der Waals surface area contributed by atoms with Crippen LogP contribution in [0, 0.1) is 0 Å². The van der Waals surface area contributed by atoms with E-state index in [0.717, 1.165) is 32.1 Å². The van der Waals surface area contributed by atoms with Gasteiger partial charge in [-0.1, -0.05) is 380 Å². The van der Waals surface area contributed by atoms with Crippen molar-refractivity contribution in [3.63, 3.8) is 0 Å². The molecule has 72 heavy (non-hydrogen) atoms. The van der Waals surface area contributed by atoms with Gasteiger partial charge in [0, 0.05) is 6.42 Å². The molecule has 0 radical (unpaired) electrons. The van der Waals surface area contributed by atoms with Crippen LogP contribution in [-0.4, -0.2) is 46.1 Å². The lowest BCUT2D eigenvalue weighted by Gasteiger charge is -2.26. The monoisotopic (exact) mass is 1020 g/mol. The third-order valence-electron chi connectivity index (χ3n) is 16.5. The summed E-state index contributed by atoms with van der Waals surface area (Å²) in [6, 6.07) is -0.806. The molecule has 0 saturated carbocycles. The SMILES string of the molecule is CCCCCCCCCCCCCCCCCCCCCCCCCCCCCCCCCCCCCC(=O)NC(CO)C(O)C(O)CCCCCCCCCCCCCCCCCCCCCCCCC. The van der Waals surface area contributed by atoms with Gasteiger partial charge in [0.25, 0.3) is 0 Å². The van der Waals surface area contributed by atoms with Gasteiger partial charge in [0.1, 0.15) is 6.10 Å². The molecule has 3 unspecified atom stereocenters. The van der Waals surface area contributed by atoms with Crippen molar-refractivity contribution in [3.05, 3.63) is 0 Å². The minimum absolute atomic E-state index is 0.133. The van der Waals surface area contributed by atoms with Gasteiger partial charge in [-0.2, -0.15) is 0 Å². The van der Waals surface area contributed by atoms with Crippen LogP contribution >= 0.6 is 0 Å². The maximum atomic E-state index is 12.6. The number of rotatable bonds is 64. The van der Waals surface area contributed by atoms with Gasteiger partial charge in [0.05, 0.1) is 18.8 Å². The average Bonchev–Trinajstić information content (AvgIpc) is 3.39. The van der Waals surface area contributed by atoms with Crippen molar-refractivity contribution in [3.8, 4) is 0 Å². The predicted octanol–water partition coefficient (Wildman–Crippen LogP) is 21.6. The minimum atomic E-state index is -1.13. The Hall–Kier alpha value is -0.650. The lowest BCUT2D eigenvalue weighted by atomic mass is 9.99. The van der Waals surface area contributed by atoms with E-state index >= 15 is 0 Å². The summed E-state index contributed by atoms with van der Waals surface area (Å²) < 4.78 is 0. The molecule has 0 aromatic rings. The quantitative estimate of drug-likeness (QED) is 0.0457. The third kappa shape index (κ3) is 57.1. The van der Waals surface area contributed by atoms with Gasteiger partial charge in [-0.25, -0.2) is 0 Å². The lowest BCUT2D eigenvalue weighted by Crippen LogP contribution is -2.50. The Bertz CT molecular complexity index is 991. The molecule has 0 spiro atoms. The highest BCUT2D eigenvalue weighted by Gasteiger charge is 2.26. The standard InChI is InChI=1S/C67H135NO4/c1-3-5-7-9-11-13-15-17-19-21-23-25-27-28-29-30-31-32-33-34-35-36-37-38-40-42-44-46-48-50-52-54-56-58-60-62-66(71)68-64(63-69)67(72)65(70)61-59-57-55-53-51-49-47-45-43-41-39-26-24-22-20-18-16-14-12-10-8-6-4-2/h64-65,67,69-70,72H,3-63H2,1-2H3,(H,68,71). The Morgan fingerprint density at radius 1 is 0.292 bits per heavy atom. The number of unbranched alkanes of at least 4 members (excludes halogenated alkanes) is 56. The third-order valence-corrected chi connectivity index (χ3v) is 16.5. The van der Waals surface area contributed by atoms with Gasteiger partial charge < -0.3 is 20.6 Å². The summed E-state index contributed by atoms with van der Waals surface area (Å²) >= 11 is 0. The molecule has 0 heterocycles. The number of carbonyl (C=O) groups excluding carboxylic acids is 1. The van der Waals surface area contributed by atoms with E-state index in [2.05, 4.69) is 19.2 Å². The van der Waals surface area contributed by atoms with E-state index in [1.807, 2.05) is 0 Å². The van der Waals surface area contributed by atoms with Crippen LogP contribution in [0.15, 0.2) is 0 Å². The maximum Gasteiger partial charge on any atom is 0.220 e.